The van der Waals surface area contributed by atoms with Crippen LogP contribution in [0.25, 0.3) is 11.3 Å². The normalized spacial score (nSPS) is 10.1. The van der Waals surface area contributed by atoms with E-state index in [9.17, 15) is 0 Å². The summed E-state index contributed by atoms with van der Waals surface area (Å²) in [6.45, 7) is 2.07. The highest BCUT2D eigenvalue weighted by molar-refractivity contribution is 5.59. The first kappa shape index (κ1) is 8.81. The molecule has 14 heavy (non-hydrogen) atoms. The Kier molecular flexibility index (Phi) is 2.23. The number of aryl methyl sites for hydroxylation is 1. The SMILES string of the molecule is COc1ncc(-c2ccc(C)cc2)[nH]1. The molecule has 3 heteroatoms. The van der Waals surface area contributed by atoms with E-state index in [1.54, 1.807) is 13.3 Å². The second kappa shape index (κ2) is 3.54. The van der Waals surface area contributed by atoms with E-state index in [0.717, 1.165) is 11.3 Å². The van der Waals surface area contributed by atoms with E-state index in [-0.39, 0.29) is 0 Å². The van der Waals surface area contributed by atoms with Gasteiger partial charge in [0.25, 0.3) is 6.01 Å². The van der Waals surface area contributed by atoms with Gasteiger partial charge in [-0.2, -0.15) is 0 Å². The molecular formula is C11H12N2O. The molecule has 0 amide bonds. The van der Waals surface area contributed by atoms with Gasteiger partial charge >= 0.3 is 0 Å². The molecule has 0 aliphatic carbocycles. The van der Waals surface area contributed by atoms with Crippen molar-refractivity contribution in [3.05, 3.63) is 36.0 Å². The molecule has 0 aliphatic rings. The first-order valence-electron chi connectivity index (χ1n) is 4.45. The second-order valence-corrected chi connectivity index (χ2v) is 3.17. The van der Waals surface area contributed by atoms with Gasteiger partial charge in [0.1, 0.15) is 0 Å². The molecule has 2 aromatic rings. The van der Waals surface area contributed by atoms with Gasteiger partial charge in [-0.1, -0.05) is 29.8 Å². The van der Waals surface area contributed by atoms with Crippen LogP contribution in [0.4, 0.5) is 0 Å². The van der Waals surface area contributed by atoms with Crippen LogP contribution in [-0.4, -0.2) is 17.1 Å². The minimum atomic E-state index is 0.542. The molecular weight excluding hydrogens is 176 g/mol. The van der Waals surface area contributed by atoms with Crippen LogP contribution >= 0.6 is 0 Å². The summed E-state index contributed by atoms with van der Waals surface area (Å²) >= 11 is 0. The third-order valence-electron chi connectivity index (χ3n) is 2.11. The van der Waals surface area contributed by atoms with Gasteiger partial charge < -0.3 is 9.72 Å². The van der Waals surface area contributed by atoms with E-state index in [1.807, 2.05) is 0 Å². The van der Waals surface area contributed by atoms with Crippen LogP contribution in [0.1, 0.15) is 5.56 Å². The molecule has 1 aromatic carbocycles. The Labute approximate surface area is 82.8 Å². The monoisotopic (exact) mass is 188 g/mol. The average molecular weight is 188 g/mol. The van der Waals surface area contributed by atoms with Gasteiger partial charge in [0.2, 0.25) is 0 Å². The van der Waals surface area contributed by atoms with Gasteiger partial charge in [-0.15, -0.1) is 0 Å². The van der Waals surface area contributed by atoms with Gasteiger partial charge in [0.05, 0.1) is 19.0 Å². The Morgan fingerprint density at radius 3 is 2.50 bits per heavy atom. The molecule has 2 rings (SSSR count). The van der Waals surface area contributed by atoms with Crippen molar-refractivity contribution >= 4 is 0 Å². The maximum absolute atomic E-state index is 4.97. The molecule has 0 bridgehead atoms. The highest BCUT2D eigenvalue weighted by Crippen LogP contribution is 2.19. The molecule has 1 heterocycles. The van der Waals surface area contributed by atoms with Crippen molar-refractivity contribution in [2.45, 2.75) is 6.92 Å². The Morgan fingerprint density at radius 1 is 1.21 bits per heavy atom. The second-order valence-electron chi connectivity index (χ2n) is 3.17. The summed E-state index contributed by atoms with van der Waals surface area (Å²) in [5, 5.41) is 0. The Balaban J connectivity index is 2.34. The first-order valence-corrected chi connectivity index (χ1v) is 4.45. The number of imidazole rings is 1. The number of rotatable bonds is 2. The number of aromatic nitrogens is 2. The van der Waals surface area contributed by atoms with Crippen molar-refractivity contribution in [3.63, 3.8) is 0 Å². The van der Waals surface area contributed by atoms with Gasteiger partial charge in [0.15, 0.2) is 0 Å². The predicted octanol–water partition coefficient (Wildman–Crippen LogP) is 2.39. The molecule has 1 N–H and O–H groups in total. The molecule has 0 saturated heterocycles. The fourth-order valence-electron chi connectivity index (χ4n) is 1.29. The lowest BCUT2D eigenvalue weighted by molar-refractivity contribution is 0.384. The highest BCUT2D eigenvalue weighted by atomic mass is 16.5. The van der Waals surface area contributed by atoms with Gasteiger partial charge in [0, 0.05) is 0 Å². The summed E-state index contributed by atoms with van der Waals surface area (Å²) in [4.78, 5) is 7.12. The molecule has 72 valence electrons. The summed E-state index contributed by atoms with van der Waals surface area (Å²) in [5.41, 5.74) is 3.34. The zero-order chi connectivity index (χ0) is 9.97. The summed E-state index contributed by atoms with van der Waals surface area (Å²) in [7, 11) is 1.59. The first-order chi connectivity index (χ1) is 6.79. The Bertz CT molecular complexity index is 417. The topological polar surface area (TPSA) is 37.9 Å². The van der Waals surface area contributed by atoms with Crippen molar-refractivity contribution in [3.8, 4) is 17.3 Å². The molecule has 3 nitrogen and oxygen atoms in total. The number of hydrogen-bond acceptors (Lipinski definition) is 2. The molecule has 0 aliphatic heterocycles. The van der Waals surface area contributed by atoms with Gasteiger partial charge in [-0.3, -0.25) is 0 Å². The molecule has 0 atom stereocenters. The van der Waals surface area contributed by atoms with E-state index in [0.29, 0.717) is 6.01 Å². The quantitative estimate of drug-likeness (QED) is 0.785. The average Bonchev–Trinajstić information content (AvgIpc) is 2.67. The number of nitrogens with zero attached hydrogens (tertiary/aromatic N) is 1. The fraction of sp³-hybridized carbons (Fsp3) is 0.182. The van der Waals surface area contributed by atoms with Gasteiger partial charge in [-0.05, 0) is 12.5 Å². The lowest BCUT2D eigenvalue weighted by Gasteiger charge is -1.97. The summed E-state index contributed by atoms with van der Waals surface area (Å²) in [6, 6.07) is 8.80. The Morgan fingerprint density at radius 2 is 1.93 bits per heavy atom. The number of H-pyrrole nitrogens is 1. The lowest BCUT2D eigenvalue weighted by Crippen LogP contribution is -1.83. The third kappa shape index (κ3) is 1.62. The number of methoxy groups -OCH3 is 1. The summed E-state index contributed by atoms with van der Waals surface area (Å²) < 4.78 is 4.97. The Hall–Kier alpha value is -1.77. The number of ether oxygens (including phenoxy) is 1. The number of aromatic amines is 1. The van der Waals surface area contributed by atoms with Crippen LogP contribution in [0.2, 0.25) is 0 Å². The van der Waals surface area contributed by atoms with Crippen LogP contribution in [-0.2, 0) is 0 Å². The smallest absolute Gasteiger partial charge is 0.293 e. The zero-order valence-corrected chi connectivity index (χ0v) is 8.24. The van der Waals surface area contributed by atoms with Crippen molar-refractivity contribution in [1.82, 2.24) is 9.97 Å². The van der Waals surface area contributed by atoms with Crippen molar-refractivity contribution < 1.29 is 4.74 Å². The number of benzene rings is 1. The minimum absolute atomic E-state index is 0.542. The molecule has 0 fully saturated rings. The van der Waals surface area contributed by atoms with Crippen LogP contribution < -0.4 is 4.74 Å². The zero-order valence-electron chi connectivity index (χ0n) is 8.24. The van der Waals surface area contributed by atoms with Crippen LogP contribution in [0.3, 0.4) is 0 Å². The summed E-state index contributed by atoms with van der Waals surface area (Å²) in [5.74, 6) is 0. The standard InChI is InChI=1S/C11H12N2O/c1-8-3-5-9(6-4-8)10-7-12-11(13-10)14-2/h3-7H,1-2H3,(H,12,13). The van der Waals surface area contributed by atoms with Crippen LogP contribution in [0, 0.1) is 6.92 Å². The largest absolute Gasteiger partial charge is 0.468 e. The molecule has 1 aromatic heterocycles. The minimum Gasteiger partial charge on any atom is -0.468 e. The molecule has 0 radical (unpaired) electrons. The van der Waals surface area contributed by atoms with Crippen molar-refractivity contribution in [2.75, 3.05) is 7.11 Å². The van der Waals surface area contributed by atoms with Crippen LogP contribution in [0.15, 0.2) is 30.5 Å². The maximum Gasteiger partial charge on any atom is 0.293 e. The summed E-state index contributed by atoms with van der Waals surface area (Å²) in [6.07, 6.45) is 1.77. The lowest BCUT2D eigenvalue weighted by atomic mass is 10.1. The van der Waals surface area contributed by atoms with E-state index in [4.69, 9.17) is 4.74 Å². The highest BCUT2D eigenvalue weighted by Gasteiger charge is 2.01. The van der Waals surface area contributed by atoms with E-state index in [2.05, 4.69) is 41.2 Å². The molecule has 0 saturated carbocycles. The molecule has 0 spiro atoms. The van der Waals surface area contributed by atoms with E-state index < -0.39 is 0 Å². The molecule has 0 unspecified atom stereocenters. The number of hydrogen-bond donors (Lipinski definition) is 1. The number of nitrogens with one attached hydrogen (secondary N) is 1. The van der Waals surface area contributed by atoms with Crippen LogP contribution in [0.5, 0.6) is 6.01 Å². The van der Waals surface area contributed by atoms with E-state index in [1.165, 1.54) is 5.56 Å². The fourth-order valence-corrected chi connectivity index (χ4v) is 1.29. The van der Waals surface area contributed by atoms with Crippen molar-refractivity contribution in [1.29, 1.82) is 0 Å². The maximum atomic E-state index is 4.97. The van der Waals surface area contributed by atoms with E-state index >= 15 is 0 Å². The predicted molar refractivity (Wildman–Crippen MR) is 55.3 cm³/mol. The van der Waals surface area contributed by atoms with Crippen molar-refractivity contribution in [2.24, 2.45) is 0 Å². The third-order valence-corrected chi connectivity index (χ3v) is 2.11. The van der Waals surface area contributed by atoms with Gasteiger partial charge in [-0.25, -0.2) is 4.98 Å².